The molecule has 334 valence electrons. The Labute approximate surface area is 373 Å². The van der Waals surface area contributed by atoms with E-state index in [0.717, 1.165) is 49.4 Å². The number of aryl methyl sites for hydroxylation is 2. The van der Waals surface area contributed by atoms with Gasteiger partial charge in [0.25, 0.3) is 11.8 Å². The Morgan fingerprint density at radius 2 is 1.63 bits per heavy atom. The highest BCUT2D eigenvalue weighted by atomic mass is 16.5. The van der Waals surface area contributed by atoms with Gasteiger partial charge in [-0.3, -0.25) is 29.1 Å². The first-order valence-corrected chi connectivity index (χ1v) is 22.8. The minimum Gasteiger partial charge on any atom is -0.491 e. The van der Waals surface area contributed by atoms with E-state index in [9.17, 15) is 19.2 Å². The molecule has 1 aliphatic carbocycles. The van der Waals surface area contributed by atoms with Crippen LogP contribution in [-0.2, 0) is 30.2 Å². The molecular formula is C52H64N4O7. The summed E-state index contributed by atoms with van der Waals surface area (Å²) in [7, 11) is 0. The standard InChI is InChI=1S/C52H64N4O7/c1-8-37(39-14-17-44(38(9-2)24-39)47-28-53-21-20-35(47)6)13-16-41(10-3)63-42-26-52(27-42)32-55(33-52)49(58)31-61-22-11-23-62-43-29-54(30-43)40-15-18-45-46(25-40)51(60)56(50(45)59)36(7)12-19-48(57)34(4)5/h8,10,13-18,20-21,24-25,28,34,36,42-43H,9,11-12,19,22-23,26-27,29-33H2,1-7H3/b16-13-,37-8+,41-10+. The summed E-state index contributed by atoms with van der Waals surface area (Å²) in [5, 5.41) is 0. The largest absolute Gasteiger partial charge is 0.491 e. The van der Waals surface area contributed by atoms with Gasteiger partial charge < -0.3 is 24.0 Å². The molecule has 2 saturated heterocycles. The van der Waals surface area contributed by atoms with Crippen molar-refractivity contribution in [2.75, 3.05) is 50.9 Å². The number of ether oxygens (including phenoxy) is 3. The topological polar surface area (TPSA) is 119 Å². The number of carbonyl (C=O) groups is 4. The Morgan fingerprint density at radius 1 is 0.889 bits per heavy atom. The van der Waals surface area contributed by atoms with Gasteiger partial charge in [0, 0.05) is 86.8 Å². The van der Waals surface area contributed by atoms with Gasteiger partial charge in [-0.2, -0.15) is 0 Å². The predicted octanol–water partition coefficient (Wildman–Crippen LogP) is 8.79. The van der Waals surface area contributed by atoms with Gasteiger partial charge in [-0.05, 0) is 124 Å². The van der Waals surface area contributed by atoms with Gasteiger partial charge >= 0.3 is 0 Å². The molecule has 1 saturated carbocycles. The average molecular weight is 857 g/mol. The van der Waals surface area contributed by atoms with Crippen molar-refractivity contribution in [3.8, 4) is 11.1 Å². The average Bonchev–Trinajstić information content (AvgIpc) is 3.49. The summed E-state index contributed by atoms with van der Waals surface area (Å²) in [6, 6.07) is 13.8. The smallest absolute Gasteiger partial charge is 0.261 e. The summed E-state index contributed by atoms with van der Waals surface area (Å²) in [5.74, 6) is 0.352. The highest BCUT2D eigenvalue weighted by Gasteiger charge is 2.54. The Bertz CT molecular complexity index is 2270. The molecule has 3 aliphatic heterocycles. The zero-order valence-electron chi connectivity index (χ0n) is 38.2. The van der Waals surface area contributed by atoms with Crippen molar-refractivity contribution >= 4 is 34.8 Å². The second kappa shape index (κ2) is 20.0. The lowest BCUT2D eigenvalue weighted by Gasteiger charge is -2.58. The first-order valence-electron chi connectivity index (χ1n) is 22.8. The third kappa shape index (κ3) is 10.2. The highest BCUT2D eigenvalue weighted by Crippen LogP contribution is 2.50. The third-order valence-corrected chi connectivity index (χ3v) is 13.2. The molecule has 2 aromatic carbocycles. The number of hydrogen-bond donors (Lipinski definition) is 0. The second-order valence-electron chi connectivity index (χ2n) is 18.1. The number of rotatable bonds is 20. The third-order valence-electron chi connectivity index (χ3n) is 13.2. The summed E-state index contributed by atoms with van der Waals surface area (Å²) < 4.78 is 18.2. The minimum absolute atomic E-state index is 0.0275. The molecule has 0 N–H and O–H groups in total. The summed E-state index contributed by atoms with van der Waals surface area (Å²) in [4.78, 5) is 61.0. The van der Waals surface area contributed by atoms with E-state index in [-0.39, 0.29) is 59.7 Å². The van der Waals surface area contributed by atoms with Crippen LogP contribution in [-0.4, -0.2) is 103 Å². The predicted molar refractivity (Wildman–Crippen MR) is 246 cm³/mol. The summed E-state index contributed by atoms with van der Waals surface area (Å²) in [5.41, 5.74) is 9.09. The van der Waals surface area contributed by atoms with Crippen molar-refractivity contribution < 1.29 is 33.4 Å². The van der Waals surface area contributed by atoms with E-state index in [4.69, 9.17) is 14.2 Å². The highest BCUT2D eigenvalue weighted by molar-refractivity contribution is 6.22. The number of pyridine rings is 1. The van der Waals surface area contributed by atoms with Crippen molar-refractivity contribution in [3.63, 3.8) is 0 Å². The van der Waals surface area contributed by atoms with Crippen LogP contribution in [0.25, 0.3) is 16.7 Å². The van der Waals surface area contributed by atoms with Gasteiger partial charge in [-0.15, -0.1) is 0 Å². The molecule has 63 heavy (non-hydrogen) atoms. The first kappa shape index (κ1) is 45.6. The number of ketones is 1. The van der Waals surface area contributed by atoms with E-state index in [0.29, 0.717) is 56.7 Å². The van der Waals surface area contributed by atoms with E-state index < -0.39 is 0 Å². The van der Waals surface area contributed by atoms with E-state index in [1.165, 1.54) is 32.7 Å². The molecule has 3 aromatic rings. The van der Waals surface area contributed by atoms with Crippen molar-refractivity contribution in [1.82, 2.24) is 14.8 Å². The van der Waals surface area contributed by atoms with Crippen LogP contribution in [0.4, 0.5) is 5.69 Å². The molecule has 1 unspecified atom stereocenters. The molecule has 4 aliphatic rings. The van der Waals surface area contributed by atoms with Crippen LogP contribution in [0, 0.1) is 18.3 Å². The van der Waals surface area contributed by atoms with Crippen molar-refractivity contribution in [1.29, 1.82) is 0 Å². The molecular weight excluding hydrogens is 793 g/mol. The van der Waals surface area contributed by atoms with Crippen LogP contribution < -0.4 is 4.90 Å². The fourth-order valence-electron chi connectivity index (χ4n) is 9.22. The number of Topliss-reactive ketones (excluding diaryl/α,β-unsaturated/α-hetero) is 1. The molecule has 1 aromatic heterocycles. The molecule has 0 bridgehead atoms. The van der Waals surface area contributed by atoms with Crippen LogP contribution in [0.3, 0.4) is 0 Å². The van der Waals surface area contributed by atoms with Crippen LogP contribution in [0.1, 0.15) is 111 Å². The van der Waals surface area contributed by atoms with Crippen LogP contribution in [0.5, 0.6) is 0 Å². The maximum Gasteiger partial charge on any atom is 0.261 e. The number of nitrogens with zero attached hydrogens (tertiary/aromatic N) is 4. The van der Waals surface area contributed by atoms with Gasteiger partial charge in [0.15, 0.2) is 0 Å². The van der Waals surface area contributed by atoms with E-state index >= 15 is 0 Å². The van der Waals surface area contributed by atoms with Gasteiger partial charge in [0.1, 0.15) is 24.3 Å². The number of benzene rings is 2. The lowest BCUT2D eigenvalue weighted by atomic mass is 9.61. The van der Waals surface area contributed by atoms with Crippen LogP contribution >= 0.6 is 0 Å². The van der Waals surface area contributed by atoms with Crippen molar-refractivity contribution in [2.45, 2.75) is 105 Å². The Hall–Kier alpha value is -5.39. The molecule has 11 nitrogen and oxygen atoms in total. The molecule has 0 radical (unpaired) electrons. The number of anilines is 1. The monoisotopic (exact) mass is 856 g/mol. The van der Waals surface area contributed by atoms with E-state index in [1.807, 2.05) is 57.1 Å². The number of imide groups is 1. The van der Waals surface area contributed by atoms with Crippen LogP contribution in [0.2, 0.25) is 0 Å². The lowest BCUT2D eigenvalue weighted by Crippen LogP contribution is -2.65. The second-order valence-corrected chi connectivity index (χ2v) is 18.1. The molecule has 4 heterocycles. The summed E-state index contributed by atoms with van der Waals surface area (Å²) >= 11 is 0. The number of carbonyl (C=O) groups excluding carboxylic acids is 4. The first-order chi connectivity index (χ1) is 30.3. The summed E-state index contributed by atoms with van der Waals surface area (Å²) in [6.07, 6.45) is 16.6. The number of fused-ring (bicyclic) bond motifs is 1. The number of aromatic nitrogens is 1. The Balaban J connectivity index is 0.757. The molecule has 1 spiro atoms. The van der Waals surface area contributed by atoms with E-state index in [2.05, 4.69) is 73.1 Å². The normalized spacial score (nSPS) is 18.3. The minimum atomic E-state index is -0.352. The number of amides is 3. The fraction of sp³-hybridized carbons (Fsp3) is 0.481. The van der Waals surface area contributed by atoms with Gasteiger partial charge in [0.2, 0.25) is 5.91 Å². The Morgan fingerprint density at radius 3 is 2.33 bits per heavy atom. The number of likely N-dealkylation sites (tertiary alicyclic amines) is 1. The molecule has 3 amide bonds. The van der Waals surface area contributed by atoms with Gasteiger partial charge in [-0.25, -0.2) is 0 Å². The van der Waals surface area contributed by atoms with Gasteiger partial charge in [0.05, 0.1) is 17.2 Å². The van der Waals surface area contributed by atoms with Crippen molar-refractivity contribution in [2.24, 2.45) is 11.3 Å². The molecule has 3 fully saturated rings. The van der Waals surface area contributed by atoms with Crippen LogP contribution in [0.15, 0.2) is 84.9 Å². The number of allylic oxidation sites excluding steroid dienone is 5. The zero-order chi connectivity index (χ0) is 44.8. The zero-order valence-corrected chi connectivity index (χ0v) is 38.2. The van der Waals surface area contributed by atoms with Gasteiger partial charge in [-0.1, -0.05) is 51.1 Å². The SMILES string of the molecule is C\C=C(/C=C\C(=C/C)c1ccc(-c2cnccc2C)c(CC)c1)OC1CC2(C1)CN(C(=O)COCCCOC1CN(c3ccc4c(c3)C(=O)N(C(C)CCC(=O)C(C)C)C4=O)C1)C2. The lowest BCUT2D eigenvalue weighted by molar-refractivity contribution is -0.168. The van der Waals surface area contributed by atoms with Crippen molar-refractivity contribution in [3.05, 3.63) is 113 Å². The Kier molecular flexibility index (Phi) is 14.5. The van der Waals surface area contributed by atoms with E-state index in [1.54, 1.807) is 12.1 Å². The molecule has 7 rings (SSSR count). The maximum atomic E-state index is 13.3. The maximum absolute atomic E-state index is 13.3. The molecule has 1 atom stereocenters. The summed E-state index contributed by atoms with van der Waals surface area (Å²) in [6.45, 7) is 17.9. The quantitative estimate of drug-likeness (QED) is 0.0476. The fourth-order valence-corrected chi connectivity index (χ4v) is 9.22. The molecule has 11 heteroatoms. The number of hydrogen-bond acceptors (Lipinski definition) is 9.